The summed E-state index contributed by atoms with van der Waals surface area (Å²) in [6.45, 7) is 5.20. The number of rotatable bonds is 4. The van der Waals surface area contributed by atoms with E-state index in [1.165, 1.54) is 20.3 Å². The van der Waals surface area contributed by atoms with Crippen molar-refractivity contribution >= 4 is 11.9 Å². The Morgan fingerprint density at radius 3 is 1.85 bits per heavy atom. The maximum atomic E-state index is 11.1. The maximum Gasteiger partial charge on any atom is 0.320 e. The summed E-state index contributed by atoms with van der Waals surface area (Å²) < 4.78 is 8.94. The van der Waals surface area contributed by atoms with E-state index in [0.717, 1.165) is 0 Å². The van der Waals surface area contributed by atoms with Crippen LogP contribution in [0.2, 0.25) is 0 Å². The van der Waals surface area contributed by atoms with E-state index in [9.17, 15) is 9.59 Å². The first kappa shape index (κ1) is 11.7. The molecule has 4 heteroatoms. The van der Waals surface area contributed by atoms with E-state index in [0.29, 0.717) is 0 Å². The highest BCUT2D eigenvalue weighted by molar-refractivity contribution is 5.95. The monoisotopic (exact) mass is 186 g/mol. The molecule has 1 atom stereocenters. The number of methoxy groups -OCH3 is 2. The number of esters is 2. The lowest BCUT2D eigenvalue weighted by Gasteiger charge is -2.15. The van der Waals surface area contributed by atoms with Crippen LogP contribution in [0.25, 0.3) is 0 Å². The van der Waals surface area contributed by atoms with Gasteiger partial charge in [-0.2, -0.15) is 0 Å². The van der Waals surface area contributed by atoms with Crippen molar-refractivity contribution in [2.45, 2.75) is 6.92 Å². The fourth-order valence-electron chi connectivity index (χ4n) is 0.916. The summed E-state index contributed by atoms with van der Waals surface area (Å²) in [6, 6.07) is 0. The zero-order valence-corrected chi connectivity index (χ0v) is 8.07. The molecule has 0 aromatic carbocycles. The molecule has 0 amide bonds. The van der Waals surface area contributed by atoms with Crippen molar-refractivity contribution in [2.75, 3.05) is 14.2 Å². The minimum Gasteiger partial charge on any atom is -0.468 e. The summed E-state index contributed by atoms with van der Waals surface area (Å²) in [7, 11) is 2.46. The van der Waals surface area contributed by atoms with Crippen LogP contribution in [0.3, 0.4) is 0 Å². The molecule has 13 heavy (non-hydrogen) atoms. The molecule has 4 nitrogen and oxygen atoms in total. The number of ether oxygens (including phenoxy) is 2. The molecule has 0 heterocycles. The van der Waals surface area contributed by atoms with Crippen molar-refractivity contribution in [3.05, 3.63) is 12.7 Å². The van der Waals surface area contributed by atoms with Crippen LogP contribution < -0.4 is 0 Å². The molecule has 0 rings (SSSR count). The third-order valence-electron chi connectivity index (χ3n) is 1.81. The van der Waals surface area contributed by atoms with Crippen LogP contribution in [0.15, 0.2) is 12.7 Å². The molecule has 0 unspecified atom stereocenters. The van der Waals surface area contributed by atoms with Gasteiger partial charge >= 0.3 is 11.9 Å². The van der Waals surface area contributed by atoms with Gasteiger partial charge in [0.15, 0.2) is 5.92 Å². The zero-order chi connectivity index (χ0) is 10.4. The van der Waals surface area contributed by atoms with Gasteiger partial charge in [-0.05, 0) is 5.92 Å². The van der Waals surface area contributed by atoms with E-state index in [1.54, 1.807) is 6.92 Å². The number of hydrogen-bond donors (Lipinski definition) is 0. The predicted molar refractivity (Wildman–Crippen MR) is 46.9 cm³/mol. The molecule has 0 aromatic heterocycles. The normalized spacial score (nSPS) is 12.0. The number of carbonyl (C=O) groups is 2. The van der Waals surface area contributed by atoms with Gasteiger partial charge < -0.3 is 9.47 Å². The summed E-state index contributed by atoms with van der Waals surface area (Å²) in [4.78, 5) is 22.3. The quantitative estimate of drug-likeness (QED) is 0.369. The summed E-state index contributed by atoms with van der Waals surface area (Å²) in [5.41, 5.74) is 0. The predicted octanol–water partition coefficient (Wildman–Crippen LogP) is 0.771. The first-order valence-electron chi connectivity index (χ1n) is 3.86. The molecule has 0 aromatic rings. The van der Waals surface area contributed by atoms with E-state index in [-0.39, 0.29) is 5.92 Å². The van der Waals surface area contributed by atoms with E-state index in [2.05, 4.69) is 16.1 Å². The Balaban J connectivity index is 4.63. The molecule has 0 saturated heterocycles. The summed E-state index contributed by atoms with van der Waals surface area (Å²) in [6.07, 6.45) is 1.51. The fourth-order valence-corrected chi connectivity index (χ4v) is 0.916. The highest BCUT2D eigenvalue weighted by Crippen LogP contribution is 2.15. The number of hydrogen-bond acceptors (Lipinski definition) is 4. The Hall–Kier alpha value is -1.32. The smallest absolute Gasteiger partial charge is 0.320 e. The Kier molecular flexibility index (Phi) is 4.80. The molecule has 0 fully saturated rings. The maximum absolute atomic E-state index is 11.1. The standard InChI is InChI=1S/C9H14O4/c1-5-6(2)7(8(10)12-3)9(11)13-4/h5-7H,1H2,2-4H3/t6-/m0/s1. The van der Waals surface area contributed by atoms with Crippen LogP contribution in [-0.4, -0.2) is 26.2 Å². The largest absolute Gasteiger partial charge is 0.468 e. The Bertz CT molecular complexity index is 194. The highest BCUT2D eigenvalue weighted by atomic mass is 16.5. The van der Waals surface area contributed by atoms with Crippen LogP contribution in [0.5, 0.6) is 0 Å². The van der Waals surface area contributed by atoms with Crippen molar-refractivity contribution in [1.82, 2.24) is 0 Å². The van der Waals surface area contributed by atoms with Crippen molar-refractivity contribution in [3.8, 4) is 0 Å². The van der Waals surface area contributed by atoms with Gasteiger partial charge in [0, 0.05) is 0 Å². The number of carbonyl (C=O) groups excluding carboxylic acids is 2. The first-order valence-corrected chi connectivity index (χ1v) is 3.86. The van der Waals surface area contributed by atoms with E-state index in [1.807, 2.05) is 0 Å². The van der Waals surface area contributed by atoms with Crippen molar-refractivity contribution in [2.24, 2.45) is 11.8 Å². The van der Waals surface area contributed by atoms with Gasteiger partial charge in [0.05, 0.1) is 14.2 Å². The summed E-state index contributed by atoms with van der Waals surface area (Å²) in [5, 5.41) is 0. The lowest BCUT2D eigenvalue weighted by Crippen LogP contribution is -2.31. The Labute approximate surface area is 77.5 Å². The van der Waals surface area contributed by atoms with Gasteiger partial charge in [-0.15, -0.1) is 6.58 Å². The molecular formula is C9H14O4. The first-order chi connectivity index (χ1) is 6.08. The third-order valence-corrected chi connectivity index (χ3v) is 1.81. The van der Waals surface area contributed by atoms with Gasteiger partial charge in [-0.3, -0.25) is 9.59 Å². The fraction of sp³-hybridized carbons (Fsp3) is 0.556. The van der Waals surface area contributed by atoms with Crippen molar-refractivity contribution in [3.63, 3.8) is 0 Å². The minimum absolute atomic E-state index is 0.292. The summed E-state index contributed by atoms with van der Waals surface area (Å²) in [5.74, 6) is -2.40. The Morgan fingerprint density at radius 1 is 1.23 bits per heavy atom. The van der Waals surface area contributed by atoms with Gasteiger partial charge in [0.25, 0.3) is 0 Å². The lowest BCUT2D eigenvalue weighted by molar-refractivity contribution is -0.160. The molecule has 74 valence electrons. The average molecular weight is 186 g/mol. The van der Waals surface area contributed by atoms with Crippen LogP contribution in [0, 0.1) is 11.8 Å². The van der Waals surface area contributed by atoms with Crippen molar-refractivity contribution < 1.29 is 19.1 Å². The van der Waals surface area contributed by atoms with Gasteiger partial charge in [0.2, 0.25) is 0 Å². The second-order valence-corrected chi connectivity index (χ2v) is 2.62. The minimum atomic E-state index is -0.910. The van der Waals surface area contributed by atoms with Gasteiger partial charge in [-0.1, -0.05) is 13.0 Å². The molecular weight excluding hydrogens is 172 g/mol. The van der Waals surface area contributed by atoms with Gasteiger partial charge in [0.1, 0.15) is 0 Å². The molecule has 0 radical (unpaired) electrons. The summed E-state index contributed by atoms with van der Waals surface area (Å²) >= 11 is 0. The van der Waals surface area contributed by atoms with E-state index in [4.69, 9.17) is 0 Å². The molecule has 0 spiro atoms. The van der Waals surface area contributed by atoms with Gasteiger partial charge in [-0.25, -0.2) is 0 Å². The SMILES string of the molecule is C=C[C@H](C)C(C(=O)OC)C(=O)OC. The van der Waals surface area contributed by atoms with Crippen LogP contribution in [0.1, 0.15) is 6.92 Å². The van der Waals surface area contributed by atoms with Crippen LogP contribution in [-0.2, 0) is 19.1 Å². The lowest BCUT2D eigenvalue weighted by atomic mass is 9.94. The highest BCUT2D eigenvalue weighted by Gasteiger charge is 2.32. The number of allylic oxidation sites excluding steroid dienone is 1. The molecule has 0 aliphatic rings. The van der Waals surface area contributed by atoms with Crippen molar-refractivity contribution in [1.29, 1.82) is 0 Å². The molecule has 0 saturated carbocycles. The zero-order valence-electron chi connectivity index (χ0n) is 8.07. The van der Waals surface area contributed by atoms with E-state index < -0.39 is 17.9 Å². The molecule has 0 bridgehead atoms. The molecule has 0 aliphatic heterocycles. The average Bonchev–Trinajstić information content (AvgIpc) is 2.16. The topological polar surface area (TPSA) is 52.6 Å². The second kappa shape index (κ2) is 5.35. The second-order valence-electron chi connectivity index (χ2n) is 2.62. The molecule has 0 aliphatic carbocycles. The molecule has 0 N–H and O–H groups in total. The van der Waals surface area contributed by atoms with Crippen LogP contribution in [0.4, 0.5) is 0 Å². The third kappa shape index (κ3) is 2.89. The van der Waals surface area contributed by atoms with E-state index >= 15 is 0 Å². The van der Waals surface area contributed by atoms with Crippen LogP contribution >= 0.6 is 0 Å². The Morgan fingerprint density at radius 2 is 1.62 bits per heavy atom.